The molecule has 0 aliphatic heterocycles. The van der Waals surface area contributed by atoms with Crippen LogP contribution >= 0.6 is 0 Å². The number of hydrogen-bond acceptors (Lipinski definition) is 5. The van der Waals surface area contributed by atoms with Crippen LogP contribution in [0.4, 0.5) is 4.69 Å². The summed E-state index contributed by atoms with van der Waals surface area (Å²) in [7, 11) is 0. The van der Waals surface area contributed by atoms with Crippen LogP contribution in [-0.4, -0.2) is 40.7 Å². The van der Waals surface area contributed by atoms with Crippen LogP contribution in [0.5, 0.6) is 17.2 Å². The molecule has 0 saturated heterocycles. The van der Waals surface area contributed by atoms with E-state index < -0.39 is 5.91 Å². The fourth-order valence-electron chi connectivity index (χ4n) is 2.99. The van der Waals surface area contributed by atoms with E-state index >= 15 is 0 Å². The molecule has 4 N–H and O–H groups in total. The van der Waals surface area contributed by atoms with Crippen molar-refractivity contribution in [3.8, 4) is 28.5 Å². The van der Waals surface area contributed by atoms with Crippen LogP contribution in [-0.2, 0) is 6.42 Å². The Morgan fingerprint density at radius 2 is 1.63 bits per heavy atom. The molecule has 30 heavy (non-hydrogen) atoms. The minimum absolute atomic E-state index is 0.178. The van der Waals surface area contributed by atoms with Gasteiger partial charge in [-0.1, -0.05) is 0 Å². The van der Waals surface area contributed by atoms with E-state index in [0.29, 0.717) is 11.1 Å². The molecule has 3 aromatic carbocycles. The van der Waals surface area contributed by atoms with Crippen molar-refractivity contribution >= 4 is 25.1 Å². The molecular weight excluding hydrogens is 447 g/mol. The standard InChI is InChI=1S/C23H18N2O4Se/c26-17-9-6-15(7-10-17)21-20(12-14-4-2-1-3-5-14)30-23(24-21)25-22(29)16-8-11-18(27)19(28)13-16/h1-11,13,26-28H,12H2,(H,24,25,29). The molecule has 4 rings (SSSR count). The molecule has 1 heterocycles. The van der Waals surface area contributed by atoms with Gasteiger partial charge in [0.05, 0.1) is 0 Å². The molecule has 0 atom stereocenters. The van der Waals surface area contributed by atoms with E-state index in [1.807, 2.05) is 30.3 Å². The van der Waals surface area contributed by atoms with Crippen LogP contribution in [0.1, 0.15) is 20.4 Å². The molecule has 0 spiro atoms. The minimum atomic E-state index is -0.406. The predicted molar refractivity (Wildman–Crippen MR) is 115 cm³/mol. The van der Waals surface area contributed by atoms with Crippen LogP contribution in [0.2, 0.25) is 0 Å². The zero-order chi connectivity index (χ0) is 21.1. The van der Waals surface area contributed by atoms with Gasteiger partial charge in [-0.3, -0.25) is 0 Å². The zero-order valence-corrected chi connectivity index (χ0v) is 17.5. The van der Waals surface area contributed by atoms with E-state index in [-0.39, 0.29) is 37.3 Å². The Labute approximate surface area is 178 Å². The fourth-order valence-corrected chi connectivity index (χ4v) is 5.11. The number of hydrogen-bond donors (Lipinski definition) is 4. The molecule has 150 valence electrons. The SMILES string of the molecule is O=C(Nc1nc(-c2ccc(O)cc2)c(Cc2ccccc2)[se]1)c1ccc(O)c(O)c1. The van der Waals surface area contributed by atoms with Gasteiger partial charge in [0.1, 0.15) is 0 Å². The van der Waals surface area contributed by atoms with Gasteiger partial charge in [0.25, 0.3) is 0 Å². The van der Waals surface area contributed by atoms with Gasteiger partial charge in [-0.05, 0) is 0 Å². The third kappa shape index (κ3) is 4.38. The number of nitrogens with one attached hydrogen (secondary N) is 1. The second kappa shape index (κ2) is 8.45. The van der Waals surface area contributed by atoms with Gasteiger partial charge in [-0.15, -0.1) is 0 Å². The Kier molecular flexibility index (Phi) is 5.57. The van der Waals surface area contributed by atoms with Crippen molar-refractivity contribution in [2.45, 2.75) is 6.42 Å². The topological polar surface area (TPSA) is 103 Å². The molecule has 0 saturated carbocycles. The van der Waals surface area contributed by atoms with Gasteiger partial charge < -0.3 is 0 Å². The quantitative estimate of drug-likeness (QED) is 0.266. The number of phenols is 3. The summed E-state index contributed by atoms with van der Waals surface area (Å²) in [5.74, 6) is -0.862. The molecule has 1 aromatic heterocycles. The van der Waals surface area contributed by atoms with Crippen LogP contribution in [0.25, 0.3) is 11.3 Å². The van der Waals surface area contributed by atoms with Crippen molar-refractivity contribution in [1.29, 1.82) is 0 Å². The van der Waals surface area contributed by atoms with E-state index in [1.54, 1.807) is 24.3 Å². The Morgan fingerprint density at radius 1 is 0.900 bits per heavy atom. The maximum atomic E-state index is 12.6. The Hall–Kier alpha value is -3.54. The number of carbonyl (C=O) groups is 1. The van der Waals surface area contributed by atoms with Gasteiger partial charge >= 0.3 is 179 Å². The van der Waals surface area contributed by atoms with E-state index in [2.05, 4.69) is 10.3 Å². The monoisotopic (exact) mass is 466 g/mol. The summed E-state index contributed by atoms with van der Waals surface area (Å²) in [5.41, 5.74) is 3.04. The first kappa shape index (κ1) is 19.8. The molecule has 0 fully saturated rings. The summed E-state index contributed by atoms with van der Waals surface area (Å²) in [5, 5.41) is 31.5. The van der Waals surface area contributed by atoms with E-state index in [4.69, 9.17) is 0 Å². The molecule has 7 heteroatoms. The zero-order valence-electron chi connectivity index (χ0n) is 15.7. The van der Waals surface area contributed by atoms with E-state index in [1.165, 1.54) is 18.2 Å². The van der Waals surface area contributed by atoms with Crippen LogP contribution in [0.15, 0.2) is 72.8 Å². The van der Waals surface area contributed by atoms with Crippen molar-refractivity contribution in [3.63, 3.8) is 0 Å². The van der Waals surface area contributed by atoms with Crippen molar-refractivity contribution in [3.05, 3.63) is 88.4 Å². The summed E-state index contributed by atoms with van der Waals surface area (Å²) in [6.45, 7) is 0. The first-order valence-electron chi connectivity index (χ1n) is 9.16. The van der Waals surface area contributed by atoms with Crippen LogP contribution in [0, 0.1) is 0 Å². The van der Waals surface area contributed by atoms with Crippen molar-refractivity contribution < 1.29 is 20.1 Å². The molecular formula is C23H18N2O4Se. The average molecular weight is 465 g/mol. The number of phenolic OH excluding ortho intramolecular Hbond substituents is 3. The number of benzene rings is 3. The Bertz CT molecular complexity index is 1190. The molecule has 0 bridgehead atoms. The molecule has 0 unspecified atom stereocenters. The number of amides is 1. The number of carbonyl (C=O) groups excluding carboxylic acids is 1. The van der Waals surface area contributed by atoms with Gasteiger partial charge in [-0.2, -0.15) is 0 Å². The molecule has 0 aliphatic carbocycles. The summed E-state index contributed by atoms with van der Waals surface area (Å²) in [6.07, 6.45) is 0.708. The Balaban J connectivity index is 1.66. The van der Waals surface area contributed by atoms with Gasteiger partial charge in [0.15, 0.2) is 0 Å². The summed E-state index contributed by atoms with van der Waals surface area (Å²) >= 11 is -0.197. The molecule has 0 aliphatic rings. The van der Waals surface area contributed by atoms with Gasteiger partial charge in [0.2, 0.25) is 0 Å². The van der Waals surface area contributed by atoms with Gasteiger partial charge in [-0.25, -0.2) is 0 Å². The summed E-state index contributed by atoms with van der Waals surface area (Å²) < 4.78 is 1.68. The van der Waals surface area contributed by atoms with Crippen LogP contribution < -0.4 is 5.32 Å². The number of rotatable bonds is 5. The summed E-state index contributed by atoms with van der Waals surface area (Å²) in [4.78, 5) is 17.3. The van der Waals surface area contributed by atoms with Gasteiger partial charge in [0, 0.05) is 0 Å². The number of aromatic nitrogens is 1. The molecule has 4 aromatic rings. The molecule has 0 radical (unpaired) electrons. The number of nitrogens with zero attached hydrogens (tertiary/aromatic N) is 1. The van der Waals surface area contributed by atoms with E-state index in [0.717, 1.165) is 21.3 Å². The fraction of sp³-hybridized carbons (Fsp3) is 0.0435. The normalized spacial score (nSPS) is 10.7. The average Bonchev–Trinajstić information content (AvgIpc) is 3.13. The van der Waals surface area contributed by atoms with Crippen LogP contribution in [0.3, 0.4) is 0 Å². The van der Waals surface area contributed by atoms with Crippen molar-refractivity contribution in [2.75, 3.05) is 5.32 Å². The molecule has 6 nitrogen and oxygen atoms in total. The summed E-state index contributed by atoms with van der Waals surface area (Å²) in [6, 6.07) is 20.8. The Morgan fingerprint density at radius 3 is 2.33 bits per heavy atom. The third-order valence-electron chi connectivity index (χ3n) is 4.50. The number of anilines is 1. The first-order valence-corrected chi connectivity index (χ1v) is 10.9. The second-order valence-electron chi connectivity index (χ2n) is 6.66. The number of aromatic hydroxyl groups is 3. The van der Waals surface area contributed by atoms with E-state index in [9.17, 15) is 20.1 Å². The molecule has 1 amide bonds. The predicted octanol–water partition coefficient (Wildman–Crippen LogP) is 3.77. The second-order valence-corrected chi connectivity index (χ2v) is 8.93. The first-order chi connectivity index (χ1) is 14.5. The van der Waals surface area contributed by atoms with Crippen molar-refractivity contribution in [1.82, 2.24) is 4.98 Å². The third-order valence-corrected chi connectivity index (χ3v) is 6.54. The van der Waals surface area contributed by atoms with Crippen molar-refractivity contribution in [2.24, 2.45) is 0 Å². The maximum absolute atomic E-state index is 12.6.